The number of nitrogens with zero attached hydrogens (tertiary/aromatic N) is 1. The van der Waals surface area contributed by atoms with Crippen molar-refractivity contribution in [2.75, 3.05) is 11.5 Å². The SMILES string of the molecule is NC(Cc1cncs1)CC1CCSCC1. The minimum atomic E-state index is 0.332. The number of aromatic nitrogens is 1. The predicted molar refractivity (Wildman–Crippen MR) is 68.5 cm³/mol. The molecule has 84 valence electrons. The largest absolute Gasteiger partial charge is 0.327 e. The van der Waals surface area contributed by atoms with E-state index in [0.717, 1.165) is 12.3 Å². The van der Waals surface area contributed by atoms with Crippen LogP contribution in [0.3, 0.4) is 0 Å². The Bertz CT molecular complexity index is 268. The number of thiazole rings is 1. The van der Waals surface area contributed by atoms with Crippen molar-refractivity contribution in [3.8, 4) is 0 Å². The summed E-state index contributed by atoms with van der Waals surface area (Å²) in [7, 11) is 0. The molecule has 1 aromatic heterocycles. The van der Waals surface area contributed by atoms with Crippen LogP contribution in [0.2, 0.25) is 0 Å². The molecule has 0 radical (unpaired) electrons. The molecule has 15 heavy (non-hydrogen) atoms. The summed E-state index contributed by atoms with van der Waals surface area (Å²) in [5, 5.41) is 0. The van der Waals surface area contributed by atoms with E-state index in [2.05, 4.69) is 16.7 Å². The summed E-state index contributed by atoms with van der Waals surface area (Å²) in [5.74, 6) is 3.53. The Morgan fingerprint density at radius 1 is 1.47 bits per heavy atom. The first-order valence-corrected chi connectivity index (χ1v) is 7.58. The molecule has 1 fully saturated rings. The molecule has 2 N–H and O–H groups in total. The average molecular weight is 242 g/mol. The molecule has 1 unspecified atom stereocenters. The molecular weight excluding hydrogens is 224 g/mol. The van der Waals surface area contributed by atoms with Gasteiger partial charge in [-0.2, -0.15) is 11.8 Å². The molecule has 0 saturated carbocycles. The molecule has 0 spiro atoms. The van der Waals surface area contributed by atoms with E-state index < -0.39 is 0 Å². The van der Waals surface area contributed by atoms with Crippen LogP contribution in [-0.2, 0) is 6.42 Å². The van der Waals surface area contributed by atoms with Crippen molar-refractivity contribution in [2.24, 2.45) is 11.7 Å². The molecule has 2 heterocycles. The van der Waals surface area contributed by atoms with Gasteiger partial charge in [0.1, 0.15) is 0 Å². The molecule has 0 bridgehead atoms. The van der Waals surface area contributed by atoms with Gasteiger partial charge in [0.25, 0.3) is 0 Å². The zero-order valence-electron chi connectivity index (χ0n) is 8.89. The first-order valence-electron chi connectivity index (χ1n) is 5.55. The molecule has 1 aromatic rings. The number of thioether (sulfide) groups is 1. The van der Waals surface area contributed by atoms with Crippen LogP contribution in [0.4, 0.5) is 0 Å². The molecule has 0 aliphatic carbocycles. The van der Waals surface area contributed by atoms with Gasteiger partial charge in [0.05, 0.1) is 5.51 Å². The summed E-state index contributed by atoms with van der Waals surface area (Å²) in [6.07, 6.45) is 6.87. The summed E-state index contributed by atoms with van der Waals surface area (Å²) in [6.45, 7) is 0. The molecule has 0 amide bonds. The maximum Gasteiger partial charge on any atom is 0.0794 e. The zero-order chi connectivity index (χ0) is 10.5. The van der Waals surface area contributed by atoms with Gasteiger partial charge in [-0.3, -0.25) is 4.98 Å². The Labute approximate surface area is 99.7 Å². The van der Waals surface area contributed by atoms with Crippen molar-refractivity contribution >= 4 is 23.1 Å². The van der Waals surface area contributed by atoms with Gasteiger partial charge in [-0.25, -0.2) is 0 Å². The van der Waals surface area contributed by atoms with E-state index in [4.69, 9.17) is 5.73 Å². The summed E-state index contributed by atoms with van der Waals surface area (Å²) >= 11 is 3.80. The molecule has 2 rings (SSSR count). The number of hydrogen-bond acceptors (Lipinski definition) is 4. The van der Waals surface area contributed by atoms with Crippen molar-refractivity contribution in [3.05, 3.63) is 16.6 Å². The molecule has 1 saturated heterocycles. The highest BCUT2D eigenvalue weighted by atomic mass is 32.2. The predicted octanol–water partition coefficient (Wildman–Crippen LogP) is 2.55. The van der Waals surface area contributed by atoms with E-state index in [1.165, 1.54) is 35.6 Å². The molecule has 2 nitrogen and oxygen atoms in total. The fourth-order valence-electron chi connectivity index (χ4n) is 2.09. The second-order valence-corrected chi connectivity index (χ2v) is 6.42. The van der Waals surface area contributed by atoms with Crippen molar-refractivity contribution in [3.63, 3.8) is 0 Å². The second-order valence-electron chi connectivity index (χ2n) is 4.22. The van der Waals surface area contributed by atoms with Crippen molar-refractivity contribution in [1.29, 1.82) is 0 Å². The molecule has 4 heteroatoms. The van der Waals surface area contributed by atoms with Gasteiger partial charge in [-0.1, -0.05) is 0 Å². The van der Waals surface area contributed by atoms with Crippen LogP contribution in [0, 0.1) is 5.92 Å². The molecule has 1 aliphatic rings. The maximum atomic E-state index is 6.17. The van der Waals surface area contributed by atoms with E-state index in [9.17, 15) is 0 Å². The van der Waals surface area contributed by atoms with Crippen molar-refractivity contribution in [2.45, 2.75) is 31.7 Å². The van der Waals surface area contributed by atoms with Crippen LogP contribution in [0.25, 0.3) is 0 Å². The van der Waals surface area contributed by atoms with Crippen LogP contribution >= 0.6 is 23.1 Å². The monoisotopic (exact) mass is 242 g/mol. The Morgan fingerprint density at radius 2 is 2.27 bits per heavy atom. The highest BCUT2D eigenvalue weighted by Crippen LogP contribution is 2.26. The van der Waals surface area contributed by atoms with Crippen LogP contribution in [0.5, 0.6) is 0 Å². The first-order chi connectivity index (χ1) is 7.34. The van der Waals surface area contributed by atoms with Crippen LogP contribution < -0.4 is 5.73 Å². The van der Waals surface area contributed by atoms with Crippen LogP contribution in [-0.4, -0.2) is 22.5 Å². The van der Waals surface area contributed by atoms with Gasteiger partial charge < -0.3 is 5.73 Å². The molecule has 0 aromatic carbocycles. The van der Waals surface area contributed by atoms with E-state index in [1.54, 1.807) is 11.3 Å². The third-order valence-corrected chi connectivity index (χ3v) is 4.77. The highest BCUT2D eigenvalue weighted by molar-refractivity contribution is 7.99. The summed E-state index contributed by atoms with van der Waals surface area (Å²) < 4.78 is 0. The number of hydrogen-bond donors (Lipinski definition) is 1. The fourth-order valence-corrected chi connectivity index (χ4v) is 3.99. The smallest absolute Gasteiger partial charge is 0.0794 e. The van der Waals surface area contributed by atoms with Gasteiger partial charge in [0, 0.05) is 17.1 Å². The molecular formula is C11H18N2S2. The Balaban J connectivity index is 1.74. The zero-order valence-corrected chi connectivity index (χ0v) is 10.5. The lowest BCUT2D eigenvalue weighted by Gasteiger charge is -2.24. The van der Waals surface area contributed by atoms with E-state index in [0.29, 0.717) is 6.04 Å². The lowest BCUT2D eigenvalue weighted by molar-refractivity contribution is 0.407. The average Bonchev–Trinajstić information content (AvgIpc) is 2.71. The second kappa shape index (κ2) is 5.87. The van der Waals surface area contributed by atoms with Gasteiger partial charge in [0.15, 0.2) is 0 Å². The highest BCUT2D eigenvalue weighted by Gasteiger charge is 2.17. The van der Waals surface area contributed by atoms with E-state index >= 15 is 0 Å². The summed E-state index contributed by atoms with van der Waals surface area (Å²) in [6, 6.07) is 0.332. The lowest BCUT2D eigenvalue weighted by atomic mass is 9.93. The topological polar surface area (TPSA) is 38.9 Å². The first kappa shape index (κ1) is 11.4. The Kier molecular flexibility index (Phi) is 4.47. The summed E-state index contributed by atoms with van der Waals surface area (Å²) in [4.78, 5) is 5.41. The van der Waals surface area contributed by atoms with Gasteiger partial charge in [-0.15, -0.1) is 11.3 Å². The van der Waals surface area contributed by atoms with Gasteiger partial charge in [0.2, 0.25) is 0 Å². The summed E-state index contributed by atoms with van der Waals surface area (Å²) in [5.41, 5.74) is 8.06. The van der Waals surface area contributed by atoms with Crippen molar-refractivity contribution < 1.29 is 0 Å². The lowest BCUT2D eigenvalue weighted by Crippen LogP contribution is -2.27. The number of nitrogens with two attached hydrogens (primary N) is 1. The normalized spacial score (nSPS) is 20.3. The van der Waals surface area contributed by atoms with Gasteiger partial charge >= 0.3 is 0 Å². The van der Waals surface area contributed by atoms with Crippen LogP contribution in [0.1, 0.15) is 24.1 Å². The van der Waals surface area contributed by atoms with E-state index in [-0.39, 0.29) is 0 Å². The Morgan fingerprint density at radius 3 is 2.93 bits per heavy atom. The Hall–Kier alpha value is -0.0600. The van der Waals surface area contributed by atoms with Gasteiger partial charge in [-0.05, 0) is 43.1 Å². The van der Waals surface area contributed by atoms with Crippen LogP contribution in [0.15, 0.2) is 11.7 Å². The minimum Gasteiger partial charge on any atom is -0.327 e. The minimum absolute atomic E-state index is 0.332. The fraction of sp³-hybridized carbons (Fsp3) is 0.727. The molecule has 1 aliphatic heterocycles. The van der Waals surface area contributed by atoms with E-state index in [1.807, 2.05) is 11.7 Å². The van der Waals surface area contributed by atoms with Crippen molar-refractivity contribution in [1.82, 2.24) is 4.98 Å². The third-order valence-electron chi connectivity index (χ3n) is 2.92. The molecule has 1 atom stereocenters. The maximum absolute atomic E-state index is 6.17. The third kappa shape index (κ3) is 3.78. The quantitative estimate of drug-likeness (QED) is 0.882. The number of rotatable bonds is 4. The standard InChI is InChI=1S/C11H18N2S2/c12-10(6-11-7-13-8-15-11)5-9-1-3-14-4-2-9/h7-10H,1-6,12H2.